The minimum absolute atomic E-state index is 0.246. The first-order valence-electron chi connectivity index (χ1n) is 6.39. The van der Waals surface area contributed by atoms with Gasteiger partial charge in [0.25, 0.3) is 0 Å². The highest BCUT2D eigenvalue weighted by atomic mass is 16.5. The Morgan fingerprint density at radius 1 is 1.11 bits per heavy atom. The zero-order valence-corrected chi connectivity index (χ0v) is 11.9. The summed E-state index contributed by atoms with van der Waals surface area (Å²) in [6.07, 6.45) is -0.632. The van der Waals surface area contributed by atoms with Crippen LogP contribution in [0.25, 0.3) is 0 Å². The van der Waals surface area contributed by atoms with E-state index in [0.29, 0.717) is 13.0 Å². The van der Waals surface area contributed by atoms with E-state index in [4.69, 9.17) is 9.84 Å². The van der Waals surface area contributed by atoms with Gasteiger partial charge in [-0.25, -0.2) is 4.79 Å². The summed E-state index contributed by atoms with van der Waals surface area (Å²) in [5, 5.41) is 11.6. The Bertz CT molecular complexity index is 274. The Morgan fingerprint density at radius 3 is 2.06 bits per heavy atom. The zero-order chi connectivity index (χ0) is 14.3. The molecule has 0 aliphatic rings. The molecule has 0 aliphatic heterocycles. The molecule has 5 heteroatoms. The maximum absolute atomic E-state index is 11.8. The van der Waals surface area contributed by atoms with Gasteiger partial charge in [0, 0.05) is 0 Å². The lowest BCUT2D eigenvalue weighted by molar-refractivity contribution is -0.150. The fourth-order valence-corrected chi connectivity index (χ4v) is 1.33. The van der Waals surface area contributed by atoms with Gasteiger partial charge < -0.3 is 15.2 Å². The van der Waals surface area contributed by atoms with Gasteiger partial charge in [0.05, 0.1) is 6.61 Å². The van der Waals surface area contributed by atoms with Crippen LogP contribution in [-0.2, 0) is 14.3 Å². The fraction of sp³-hybridized carbons (Fsp3) is 0.846. The molecule has 106 valence electrons. The molecular weight excluding hydrogens is 234 g/mol. The molecule has 0 aromatic heterocycles. The van der Waals surface area contributed by atoms with Crippen molar-refractivity contribution in [3.63, 3.8) is 0 Å². The molecular formula is C13H25NO4. The number of esters is 1. The van der Waals surface area contributed by atoms with E-state index in [1.165, 1.54) is 6.92 Å². The van der Waals surface area contributed by atoms with Crippen molar-refractivity contribution >= 4 is 11.9 Å². The molecule has 2 atom stereocenters. The molecule has 0 spiro atoms. The highest BCUT2D eigenvalue weighted by Crippen LogP contribution is 2.08. The van der Waals surface area contributed by atoms with Crippen LogP contribution in [0.1, 0.15) is 41.0 Å². The number of carbonyl (C=O) groups is 2. The minimum atomic E-state index is -1.13. The topological polar surface area (TPSA) is 75.6 Å². The Kier molecular flexibility index (Phi) is 7.59. The second kappa shape index (κ2) is 8.08. The van der Waals surface area contributed by atoms with Gasteiger partial charge in [-0.3, -0.25) is 4.79 Å². The number of aliphatic hydroxyl groups excluding tert-OH is 1. The summed E-state index contributed by atoms with van der Waals surface area (Å²) in [4.78, 5) is 23.2. The number of ether oxygens (including phenoxy) is 1. The van der Waals surface area contributed by atoms with Crippen LogP contribution >= 0.6 is 0 Å². The third-order valence-electron chi connectivity index (χ3n) is 2.25. The first kappa shape index (κ1) is 16.9. The molecule has 0 fully saturated rings. The summed E-state index contributed by atoms with van der Waals surface area (Å²) >= 11 is 0. The number of carbonyl (C=O) groups excluding carboxylic acids is 2. The predicted molar refractivity (Wildman–Crippen MR) is 68.9 cm³/mol. The van der Waals surface area contributed by atoms with Crippen LogP contribution in [0.2, 0.25) is 0 Å². The van der Waals surface area contributed by atoms with Gasteiger partial charge in [-0.05, 0) is 25.2 Å². The lowest BCUT2D eigenvalue weighted by Gasteiger charge is -2.20. The Morgan fingerprint density at radius 2 is 1.67 bits per heavy atom. The lowest BCUT2D eigenvalue weighted by Crippen LogP contribution is -2.46. The third kappa shape index (κ3) is 7.27. The average molecular weight is 259 g/mol. The van der Waals surface area contributed by atoms with Crippen molar-refractivity contribution in [3.8, 4) is 0 Å². The summed E-state index contributed by atoms with van der Waals surface area (Å²) in [6.45, 7) is 9.49. The third-order valence-corrected chi connectivity index (χ3v) is 2.25. The number of amides is 1. The van der Waals surface area contributed by atoms with Gasteiger partial charge in [-0.15, -0.1) is 0 Å². The predicted octanol–water partition coefficient (Wildman–Crippen LogP) is 1.10. The van der Waals surface area contributed by atoms with Crippen LogP contribution in [-0.4, -0.2) is 35.7 Å². The molecule has 0 aromatic carbocycles. The van der Waals surface area contributed by atoms with Gasteiger partial charge >= 0.3 is 5.97 Å². The Labute approximate surface area is 109 Å². The maximum atomic E-state index is 11.8. The lowest BCUT2D eigenvalue weighted by atomic mass is 10.0. The second-order valence-electron chi connectivity index (χ2n) is 5.39. The minimum Gasteiger partial charge on any atom is -0.464 e. The zero-order valence-electron chi connectivity index (χ0n) is 11.9. The van der Waals surface area contributed by atoms with E-state index in [-0.39, 0.29) is 11.8 Å². The first-order valence-corrected chi connectivity index (χ1v) is 6.39. The molecule has 2 N–H and O–H groups in total. The van der Waals surface area contributed by atoms with Crippen molar-refractivity contribution in [2.24, 2.45) is 11.8 Å². The molecule has 0 saturated carbocycles. The number of rotatable bonds is 7. The fourth-order valence-electron chi connectivity index (χ4n) is 1.33. The van der Waals surface area contributed by atoms with E-state index in [0.717, 1.165) is 0 Å². The number of hydrogen-bond acceptors (Lipinski definition) is 4. The van der Waals surface area contributed by atoms with Gasteiger partial charge in [-0.1, -0.05) is 27.7 Å². The quantitative estimate of drug-likeness (QED) is 0.671. The first-order chi connectivity index (χ1) is 8.23. The molecule has 0 saturated heterocycles. The largest absolute Gasteiger partial charge is 0.464 e. The van der Waals surface area contributed by atoms with E-state index in [9.17, 15) is 9.59 Å². The molecule has 0 rings (SSSR count). The van der Waals surface area contributed by atoms with Crippen molar-refractivity contribution in [2.45, 2.75) is 53.2 Å². The second-order valence-corrected chi connectivity index (χ2v) is 5.39. The molecule has 0 bridgehead atoms. The molecule has 5 nitrogen and oxygen atoms in total. The van der Waals surface area contributed by atoms with Crippen LogP contribution in [0.15, 0.2) is 0 Å². The van der Waals surface area contributed by atoms with Crippen molar-refractivity contribution in [3.05, 3.63) is 0 Å². The van der Waals surface area contributed by atoms with Gasteiger partial charge in [-0.2, -0.15) is 0 Å². The summed E-state index contributed by atoms with van der Waals surface area (Å²) in [7, 11) is 0. The smallest absolute Gasteiger partial charge is 0.328 e. The van der Waals surface area contributed by atoms with Crippen molar-refractivity contribution in [1.29, 1.82) is 0 Å². The summed E-state index contributed by atoms with van der Waals surface area (Å²) in [6, 6.07) is -0.689. The van der Waals surface area contributed by atoms with Crippen molar-refractivity contribution < 1.29 is 19.4 Å². The summed E-state index contributed by atoms with van der Waals surface area (Å²) in [5.74, 6) is -0.495. The maximum Gasteiger partial charge on any atom is 0.328 e. The van der Waals surface area contributed by atoms with E-state index in [1.54, 1.807) is 0 Å². The van der Waals surface area contributed by atoms with Gasteiger partial charge in [0.2, 0.25) is 5.91 Å². The summed E-state index contributed by atoms with van der Waals surface area (Å²) < 4.78 is 5.11. The Hall–Kier alpha value is -1.10. The SMILES string of the molecule is CC(C)COC(=O)[C@H](CC(C)C)NC(=O)[C@H](C)O. The van der Waals surface area contributed by atoms with Gasteiger partial charge in [0.1, 0.15) is 12.1 Å². The molecule has 0 aromatic rings. The van der Waals surface area contributed by atoms with E-state index in [1.807, 2.05) is 27.7 Å². The molecule has 1 amide bonds. The standard InChI is InChI=1S/C13H25NO4/c1-8(2)6-11(14-12(16)10(5)15)13(17)18-7-9(3)4/h8-11,15H,6-7H2,1-5H3,(H,14,16)/t10-,11-/m0/s1. The average Bonchev–Trinajstić information content (AvgIpc) is 2.23. The van der Waals surface area contributed by atoms with Gasteiger partial charge in [0.15, 0.2) is 0 Å². The van der Waals surface area contributed by atoms with Crippen LogP contribution in [0.5, 0.6) is 0 Å². The van der Waals surface area contributed by atoms with Crippen molar-refractivity contribution in [2.75, 3.05) is 6.61 Å². The van der Waals surface area contributed by atoms with Crippen LogP contribution in [0, 0.1) is 11.8 Å². The molecule has 0 heterocycles. The van der Waals surface area contributed by atoms with E-state index in [2.05, 4.69) is 5.32 Å². The highest BCUT2D eigenvalue weighted by Gasteiger charge is 2.24. The number of hydrogen-bond donors (Lipinski definition) is 2. The Balaban J connectivity index is 4.47. The van der Waals surface area contributed by atoms with E-state index >= 15 is 0 Å². The van der Waals surface area contributed by atoms with E-state index < -0.39 is 24.0 Å². The van der Waals surface area contributed by atoms with Crippen LogP contribution in [0.3, 0.4) is 0 Å². The number of nitrogens with one attached hydrogen (secondary N) is 1. The molecule has 18 heavy (non-hydrogen) atoms. The normalized spacial score (nSPS) is 14.4. The molecule has 0 radical (unpaired) electrons. The molecule has 0 unspecified atom stereocenters. The monoisotopic (exact) mass is 259 g/mol. The van der Waals surface area contributed by atoms with Crippen molar-refractivity contribution in [1.82, 2.24) is 5.32 Å². The van der Waals surface area contributed by atoms with Crippen LogP contribution in [0.4, 0.5) is 0 Å². The highest BCUT2D eigenvalue weighted by molar-refractivity contribution is 5.86. The number of aliphatic hydroxyl groups is 1. The van der Waals surface area contributed by atoms with Crippen LogP contribution < -0.4 is 5.32 Å². The summed E-state index contributed by atoms with van der Waals surface area (Å²) in [5.41, 5.74) is 0. The molecule has 0 aliphatic carbocycles.